The molecule has 0 aromatic carbocycles. The third-order valence-electron chi connectivity index (χ3n) is 2.90. The van der Waals surface area contributed by atoms with Gasteiger partial charge in [0.05, 0.1) is 6.54 Å². The molecule has 0 radical (unpaired) electrons. The van der Waals surface area contributed by atoms with Crippen molar-refractivity contribution in [2.45, 2.75) is 25.4 Å². The predicted octanol–water partition coefficient (Wildman–Crippen LogP) is 0.660. The fourth-order valence-electron chi connectivity index (χ4n) is 2.16. The van der Waals surface area contributed by atoms with E-state index in [1.807, 2.05) is 25.5 Å². The van der Waals surface area contributed by atoms with Gasteiger partial charge in [0.1, 0.15) is 5.82 Å². The predicted molar refractivity (Wildman–Crippen MR) is 59.4 cm³/mol. The Hall–Kier alpha value is -1.00. The highest BCUT2D eigenvalue weighted by Gasteiger charge is 2.24. The zero-order valence-corrected chi connectivity index (χ0v) is 9.19. The van der Waals surface area contributed by atoms with Gasteiger partial charge in [0, 0.05) is 25.0 Å². The molecule has 1 fully saturated rings. The molecule has 0 saturated carbocycles. The summed E-state index contributed by atoms with van der Waals surface area (Å²) in [5.74, 6) is 0.931. The first kappa shape index (κ1) is 10.5. The Kier molecular flexibility index (Phi) is 3.64. The van der Waals surface area contributed by atoms with E-state index in [2.05, 4.69) is 20.2 Å². The third kappa shape index (κ3) is 2.73. The largest absolute Gasteiger partial charge is 0.318 e. The van der Waals surface area contributed by atoms with Crippen molar-refractivity contribution in [3.8, 4) is 0 Å². The summed E-state index contributed by atoms with van der Waals surface area (Å²) in [4.78, 5) is 11.0. The van der Waals surface area contributed by atoms with Gasteiger partial charge >= 0.3 is 0 Å². The standard InChI is InChI=1S/C11H18N4/c1-12-8-10-4-2-7-15(10)9-11-13-5-3-6-14-11/h3,5-6,10,12H,2,4,7-9H2,1H3. The number of likely N-dealkylation sites (tertiary alicyclic amines) is 1. The average molecular weight is 206 g/mol. The van der Waals surface area contributed by atoms with Gasteiger partial charge in [-0.3, -0.25) is 4.90 Å². The Bertz CT molecular complexity index is 288. The second kappa shape index (κ2) is 5.19. The highest BCUT2D eigenvalue weighted by molar-refractivity contribution is 4.91. The average Bonchev–Trinajstić information content (AvgIpc) is 2.68. The summed E-state index contributed by atoms with van der Waals surface area (Å²) in [6.07, 6.45) is 6.20. The molecule has 1 aromatic heterocycles. The molecule has 2 heterocycles. The quantitative estimate of drug-likeness (QED) is 0.786. The maximum Gasteiger partial charge on any atom is 0.142 e. The van der Waals surface area contributed by atoms with Crippen molar-refractivity contribution in [1.82, 2.24) is 20.2 Å². The monoisotopic (exact) mass is 206 g/mol. The lowest BCUT2D eigenvalue weighted by molar-refractivity contribution is 0.236. The third-order valence-corrected chi connectivity index (χ3v) is 2.90. The molecule has 1 saturated heterocycles. The number of nitrogens with one attached hydrogen (secondary N) is 1. The molecule has 2 rings (SSSR count). The minimum absolute atomic E-state index is 0.652. The minimum atomic E-state index is 0.652. The molecular formula is C11H18N4. The number of nitrogens with zero attached hydrogens (tertiary/aromatic N) is 3. The summed E-state index contributed by atoms with van der Waals surface area (Å²) in [6, 6.07) is 2.51. The van der Waals surface area contributed by atoms with Crippen LogP contribution in [0.2, 0.25) is 0 Å². The van der Waals surface area contributed by atoms with Gasteiger partial charge in [0.25, 0.3) is 0 Å². The van der Waals surface area contributed by atoms with Crippen LogP contribution in [0.4, 0.5) is 0 Å². The zero-order valence-electron chi connectivity index (χ0n) is 9.19. The molecule has 1 aromatic rings. The van der Waals surface area contributed by atoms with Crippen molar-refractivity contribution >= 4 is 0 Å². The Morgan fingerprint density at radius 1 is 1.47 bits per heavy atom. The van der Waals surface area contributed by atoms with Crippen LogP contribution in [0.3, 0.4) is 0 Å². The fraction of sp³-hybridized carbons (Fsp3) is 0.636. The maximum atomic E-state index is 4.26. The van der Waals surface area contributed by atoms with E-state index in [1.165, 1.54) is 19.4 Å². The lowest BCUT2D eigenvalue weighted by Gasteiger charge is -2.23. The highest BCUT2D eigenvalue weighted by atomic mass is 15.2. The number of aromatic nitrogens is 2. The number of rotatable bonds is 4. The molecule has 1 N–H and O–H groups in total. The van der Waals surface area contributed by atoms with Crippen LogP contribution in [-0.2, 0) is 6.54 Å². The normalized spacial score (nSPS) is 22.1. The second-order valence-corrected chi connectivity index (χ2v) is 3.99. The Labute approximate surface area is 90.7 Å². The molecule has 0 bridgehead atoms. The van der Waals surface area contributed by atoms with Crippen molar-refractivity contribution in [3.05, 3.63) is 24.3 Å². The van der Waals surface area contributed by atoms with Crippen LogP contribution in [0.1, 0.15) is 18.7 Å². The molecule has 0 spiro atoms. The van der Waals surface area contributed by atoms with E-state index >= 15 is 0 Å². The van der Waals surface area contributed by atoms with E-state index in [4.69, 9.17) is 0 Å². The van der Waals surface area contributed by atoms with Crippen molar-refractivity contribution in [3.63, 3.8) is 0 Å². The van der Waals surface area contributed by atoms with Crippen LogP contribution in [0.15, 0.2) is 18.5 Å². The molecule has 1 atom stereocenters. The summed E-state index contributed by atoms with van der Waals surface area (Å²) >= 11 is 0. The van der Waals surface area contributed by atoms with Crippen LogP contribution < -0.4 is 5.32 Å². The zero-order chi connectivity index (χ0) is 10.5. The van der Waals surface area contributed by atoms with Crippen LogP contribution in [0, 0.1) is 0 Å². The van der Waals surface area contributed by atoms with Gasteiger partial charge in [-0.1, -0.05) is 0 Å². The smallest absolute Gasteiger partial charge is 0.142 e. The number of hydrogen-bond donors (Lipinski definition) is 1. The summed E-state index contributed by atoms with van der Waals surface area (Å²) in [6.45, 7) is 3.12. The number of hydrogen-bond acceptors (Lipinski definition) is 4. The molecule has 0 amide bonds. The van der Waals surface area contributed by atoms with Gasteiger partial charge < -0.3 is 5.32 Å². The molecule has 15 heavy (non-hydrogen) atoms. The molecule has 82 valence electrons. The minimum Gasteiger partial charge on any atom is -0.318 e. The molecule has 4 heteroatoms. The van der Waals surface area contributed by atoms with E-state index in [-0.39, 0.29) is 0 Å². The summed E-state index contributed by atoms with van der Waals surface area (Å²) in [5, 5.41) is 3.24. The van der Waals surface area contributed by atoms with Crippen LogP contribution in [0.5, 0.6) is 0 Å². The van der Waals surface area contributed by atoms with E-state index in [0.29, 0.717) is 6.04 Å². The maximum absolute atomic E-state index is 4.26. The van der Waals surface area contributed by atoms with E-state index in [9.17, 15) is 0 Å². The lowest BCUT2D eigenvalue weighted by atomic mass is 10.2. The van der Waals surface area contributed by atoms with E-state index < -0.39 is 0 Å². The van der Waals surface area contributed by atoms with Crippen LogP contribution in [-0.4, -0.2) is 41.0 Å². The lowest BCUT2D eigenvalue weighted by Crippen LogP contribution is -2.36. The van der Waals surface area contributed by atoms with Crippen LogP contribution in [0.25, 0.3) is 0 Å². The first-order valence-corrected chi connectivity index (χ1v) is 5.54. The first-order chi connectivity index (χ1) is 7.40. The summed E-state index contributed by atoms with van der Waals surface area (Å²) in [5.41, 5.74) is 0. The van der Waals surface area contributed by atoms with Gasteiger partial charge in [0.2, 0.25) is 0 Å². The molecule has 1 unspecified atom stereocenters. The van der Waals surface area contributed by atoms with Crippen molar-refractivity contribution < 1.29 is 0 Å². The van der Waals surface area contributed by atoms with Crippen molar-refractivity contribution in [2.24, 2.45) is 0 Å². The number of likely N-dealkylation sites (N-methyl/N-ethyl adjacent to an activating group) is 1. The fourth-order valence-corrected chi connectivity index (χ4v) is 2.16. The van der Waals surface area contributed by atoms with Gasteiger partial charge in [0.15, 0.2) is 0 Å². The Morgan fingerprint density at radius 2 is 2.27 bits per heavy atom. The van der Waals surface area contributed by atoms with Gasteiger partial charge in [-0.15, -0.1) is 0 Å². The van der Waals surface area contributed by atoms with Gasteiger partial charge in [-0.25, -0.2) is 9.97 Å². The van der Waals surface area contributed by atoms with E-state index in [0.717, 1.165) is 18.9 Å². The van der Waals surface area contributed by atoms with E-state index in [1.54, 1.807) is 0 Å². The first-order valence-electron chi connectivity index (χ1n) is 5.54. The topological polar surface area (TPSA) is 41.0 Å². The Balaban J connectivity index is 1.93. The highest BCUT2D eigenvalue weighted by Crippen LogP contribution is 2.17. The molecular weight excluding hydrogens is 188 g/mol. The Morgan fingerprint density at radius 3 is 3.00 bits per heavy atom. The van der Waals surface area contributed by atoms with Crippen molar-refractivity contribution in [1.29, 1.82) is 0 Å². The van der Waals surface area contributed by atoms with Crippen molar-refractivity contribution in [2.75, 3.05) is 20.1 Å². The summed E-state index contributed by atoms with van der Waals surface area (Å²) in [7, 11) is 2.01. The molecule has 4 nitrogen and oxygen atoms in total. The molecule has 1 aliphatic heterocycles. The summed E-state index contributed by atoms with van der Waals surface area (Å²) < 4.78 is 0. The molecule has 1 aliphatic rings. The van der Waals surface area contributed by atoms with Gasteiger partial charge in [-0.2, -0.15) is 0 Å². The second-order valence-electron chi connectivity index (χ2n) is 3.99. The molecule has 0 aliphatic carbocycles. The van der Waals surface area contributed by atoms with Gasteiger partial charge in [-0.05, 0) is 32.5 Å². The van der Waals surface area contributed by atoms with Crippen LogP contribution >= 0.6 is 0 Å². The SMILES string of the molecule is CNCC1CCCN1Cc1ncccn1.